The SMILES string of the molecule is CC(c1ccccc1)C(CC(C(=O)NO)c1nccs1)c1ccc(F)cc1. The zero-order valence-electron chi connectivity index (χ0n) is 14.9. The molecule has 0 saturated heterocycles. The second-order valence-corrected chi connectivity index (χ2v) is 7.42. The van der Waals surface area contributed by atoms with Crippen molar-refractivity contribution < 1.29 is 14.4 Å². The van der Waals surface area contributed by atoms with Crippen LogP contribution in [0.2, 0.25) is 0 Å². The summed E-state index contributed by atoms with van der Waals surface area (Å²) in [6.45, 7) is 2.10. The van der Waals surface area contributed by atoms with Crippen LogP contribution in [0.25, 0.3) is 0 Å². The van der Waals surface area contributed by atoms with Gasteiger partial charge < -0.3 is 0 Å². The van der Waals surface area contributed by atoms with E-state index in [1.165, 1.54) is 23.5 Å². The molecule has 6 heteroatoms. The van der Waals surface area contributed by atoms with Gasteiger partial charge in [-0.3, -0.25) is 10.0 Å². The molecule has 3 unspecified atom stereocenters. The molecule has 27 heavy (non-hydrogen) atoms. The summed E-state index contributed by atoms with van der Waals surface area (Å²) in [5, 5.41) is 11.7. The maximum Gasteiger partial charge on any atom is 0.253 e. The smallest absolute Gasteiger partial charge is 0.253 e. The molecular formula is C21H21FN2O2S. The number of benzene rings is 2. The quantitative estimate of drug-likeness (QED) is 0.452. The van der Waals surface area contributed by atoms with E-state index in [-0.39, 0.29) is 17.7 Å². The summed E-state index contributed by atoms with van der Waals surface area (Å²) in [6, 6.07) is 16.4. The Bertz CT molecular complexity index is 854. The third-order valence-electron chi connectivity index (χ3n) is 4.89. The fraction of sp³-hybridized carbons (Fsp3) is 0.238. The number of nitrogens with one attached hydrogen (secondary N) is 1. The van der Waals surface area contributed by atoms with Gasteiger partial charge in [-0.15, -0.1) is 11.3 Å². The molecule has 0 aliphatic heterocycles. The van der Waals surface area contributed by atoms with E-state index in [1.807, 2.05) is 30.3 Å². The van der Waals surface area contributed by atoms with Crippen LogP contribution in [-0.4, -0.2) is 16.1 Å². The normalized spacial score (nSPS) is 14.3. The summed E-state index contributed by atoms with van der Waals surface area (Å²) in [5.41, 5.74) is 3.84. The molecular weight excluding hydrogens is 363 g/mol. The first-order chi connectivity index (χ1) is 13.1. The fourth-order valence-corrected chi connectivity index (χ4v) is 4.14. The zero-order chi connectivity index (χ0) is 19.2. The van der Waals surface area contributed by atoms with Crippen LogP contribution < -0.4 is 5.48 Å². The Hall–Kier alpha value is -2.57. The lowest BCUT2D eigenvalue weighted by Gasteiger charge is -2.28. The van der Waals surface area contributed by atoms with Gasteiger partial charge in [0.2, 0.25) is 0 Å². The molecule has 3 atom stereocenters. The van der Waals surface area contributed by atoms with Gasteiger partial charge in [-0.25, -0.2) is 14.9 Å². The first-order valence-corrected chi connectivity index (χ1v) is 9.62. The number of amides is 1. The molecule has 4 nitrogen and oxygen atoms in total. The highest BCUT2D eigenvalue weighted by Crippen LogP contribution is 2.40. The van der Waals surface area contributed by atoms with Gasteiger partial charge in [-0.05, 0) is 41.5 Å². The third-order valence-corrected chi connectivity index (χ3v) is 5.78. The van der Waals surface area contributed by atoms with E-state index in [0.717, 1.165) is 11.1 Å². The lowest BCUT2D eigenvalue weighted by Crippen LogP contribution is -2.28. The molecule has 140 valence electrons. The Balaban J connectivity index is 1.98. The second kappa shape index (κ2) is 8.88. The van der Waals surface area contributed by atoms with Crippen LogP contribution in [0.3, 0.4) is 0 Å². The minimum atomic E-state index is -0.587. The summed E-state index contributed by atoms with van der Waals surface area (Å²) < 4.78 is 13.4. The molecule has 0 fully saturated rings. The number of nitrogens with zero attached hydrogens (tertiary/aromatic N) is 1. The van der Waals surface area contributed by atoms with E-state index < -0.39 is 11.8 Å². The minimum Gasteiger partial charge on any atom is -0.289 e. The number of hydrogen-bond donors (Lipinski definition) is 2. The van der Waals surface area contributed by atoms with Crippen molar-refractivity contribution in [2.24, 2.45) is 0 Å². The highest BCUT2D eigenvalue weighted by Gasteiger charge is 2.31. The lowest BCUT2D eigenvalue weighted by molar-refractivity contribution is -0.131. The van der Waals surface area contributed by atoms with Crippen LogP contribution in [0, 0.1) is 5.82 Å². The predicted octanol–water partition coefficient (Wildman–Crippen LogP) is 4.85. The Morgan fingerprint density at radius 2 is 1.85 bits per heavy atom. The number of aromatic nitrogens is 1. The van der Waals surface area contributed by atoms with Crippen molar-refractivity contribution in [3.63, 3.8) is 0 Å². The van der Waals surface area contributed by atoms with Gasteiger partial charge >= 0.3 is 0 Å². The van der Waals surface area contributed by atoms with Crippen molar-refractivity contribution >= 4 is 17.2 Å². The summed E-state index contributed by atoms with van der Waals surface area (Å²) in [6.07, 6.45) is 2.09. The molecule has 0 radical (unpaired) electrons. The molecule has 1 aromatic heterocycles. The number of rotatable bonds is 7. The van der Waals surface area contributed by atoms with E-state index in [4.69, 9.17) is 0 Å². The van der Waals surface area contributed by atoms with Crippen LogP contribution in [0.4, 0.5) is 4.39 Å². The molecule has 3 aromatic rings. The second-order valence-electron chi connectivity index (χ2n) is 6.49. The summed E-state index contributed by atoms with van der Waals surface area (Å²) >= 11 is 1.38. The van der Waals surface area contributed by atoms with E-state index in [2.05, 4.69) is 11.9 Å². The van der Waals surface area contributed by atoms with Crippen molar-refractivity contribution in [1.82, 2.24) is 10.5 Å². The van der Waals surface area contributed by atoms with Gasteiger partial charge in [0.05, 0.1) is 5.92 Å². The molecule has 0 aliphatic rings. The van der Waals surface area contributed by atoms with Crippen molar-refractivity contribution in [3.05, 3.63) is 88.1 Å². The minimum absolute atomic E-state index is 0.0563. The van der Waals surface area contributed by atoms with Crippen LogP contribution >= 0.6 is 11.3 Å². The number of carbonyl (C=O) groups is 1. The highest BCUT2D eigenvalue weighted by atomic mass is 32.1. The molecule has 1 heterocycles. The Labute approximate surface area is 161 Å². The zero-order valence-corrected chi connectivity index (χ0v) is 15.7. The molecule has 0 saturated carbocycles. The number of hydrogen-bond acceptors (Lipinski definition) is 4. The van der Waals surface area contributed by atoms with E-state index in [1.54, 1.807) is 29.2 Å². The van der Waals surface area contributed by atoms with Crippen LogP contribution in [-0.2, 0) is 4.79 Å². The number of hydroxylamine groups is 1. The van der Waals surface area contributed by atoms with Crippen LogP contribution in [0.1, 0.15) is 47.2 Å². The topological polar surface area (TPSA) is 62.2 Å². The van der Waals surface area contributed by atoms with Gasteiger partial charge in [-0.1, -0.05) is 49.4 Å². The maximum absolute atomic E-state index is 13.4. The molecule has 2 N–H and O–H groups in total. The molecule has 2 aromatic carbocycles. The van der Waals surface area contributed by atoms with Gasteiger partial charge in [0.1, 0.15) is 10.8 Å². The highest BCUT2D eigenvalue weighted by molar-refractivity contribution is 7.09. The average molecular weight is 384 g/mol. The number of carbonyl (C=O) groups excluding carboxylic acids is 1. The first kappa shape index (κ1) is 19.2. The van der Waals surface area contributed by atoms with Crippen LogP contribution in [0.5, 0.6) is 0 Å². The van der Waals surface area contributed by atoms with Crippen LogP contribution in [0.15, 0.2) is 66.2 Å². The maximum atomic E-state index is 13.4. The standard InChI is InChI=1S/C21H21FN2O2S/c1-14(15-5-3-2-4-6-15)18(16-7-9-17(22)10-8-16)13-19(20(25)24-26)21-23-11-12-27-21/h2-12,14,18-19,26H,13H2,1H3,(H,24,25). The molecule has 0 spiro atoms. The van der Waals surface area contributed by atoms with E-state index >= 15 is 0 Å². The first-order valence-electron chi connectivity index (χ1n) is 8.74. The Morgan fingerprint density at radius 1 is 1.15 bits per heavy atom. The molecule has 0 aliphatic carbocycles. The monoisotopic (exact) mass is 384 g/mol. The fourth-order valence-electron chi connectivity index (χ4n) is 3.39. The van der Waals surface area contributed by atoms with Gasteiger partial charge in [0, 0.05) is 11.6 Å². The molecule has 1 amide bonds. The summed E-state index contributed by atoms with van der Waals surface area (Å²) in [4.78, 5) is 16.6. The number of thiazole rings is 1. The van der Waals surface area contributed by atoms with Gasteiger partial charge in [0.25, 0.3) is 5.91 Å². The molecule has 0 bridgehead atoms. The predicted molar refractivity (Wildman–Crippen MR) is 103 cm³/mol. The van der Waals surface area contributed by atoms with Crippen molar-refractivity contribution in [2.75, 3.05) is 0 Å². The Kier molecular flexibility index (Phi) is 6.32. The molecule has 3 rings (SSSR count). The summed E-state index contributed by atoms with van der Waals surface area (Å²) in [7, 11) is 0. The van der Waals surface area contributed by atoms with Gasteiger partial charge in [-0.2, -0.15) is 0 Å². The van der Waals surface area contributed by atoms with Crippen molar-refractivity contribution in [3.8, 4) is 0 Å². The average Bonchev–Trinajstić information content (AvgIpc) is 3.24. The van der Waals surface area contributed by atoms with Crippen molar-refractivity contribution in [1.29, 1.82) is 0 Å². The van der Waals surface area contributed by atoms with E-state index in [0.29, 0.717) is 11.4 Å². The Morgan fingerprint density at radius 3 is 2.44 bits per heavy atom. The van der Waals surface area contributed by atoms with Crippen molar-refractivity contribution in [2.45, 2.75) is 31.1 Å². The number of halogens is 1. The third kappa shape index (κ3) is 4.59. The van der Waals surface area contributed by atoms with Gasteiger partial charge in [0.15, 0.2) is 0 Å². The summed E-state index contributed by atoms with van der Waals surface area (Å²) in [5.74, 6) is -1.34. The van der Waals surface area contributed by atoms with E-state index in [9.17, 15) is 14.4 Å². The largest absolute Gasteiger partial charge is 0.289 e. The lowest BCUT2D eigenvalue weighted by atomic mass is 9.77.